The smallest absolute Gasteiger partial charge is 0.242 e. The molecular weight excluding hydrogens is 278 g/mol. The second-order valence-electron chi connectivity index (χ2n) is 4.80. The summed E-state index contributed by atoms with van der Waals surface area (Å²) in [4.78, 5) is 0.300. The molecular formula is C13H25N3O3S. The van der Waals surface area contributed by atoms with Crippen molar-refractivity contribution in [3.8, 4) is 0 Å². The van der Waals surface area contributed by atoms with Crippen LogP contribution < -0.4 is 10.0 Å². The second kappa shape index (κ2) is 7.78. The van der Waals surface area contributed by atoms with E-state index in [1.165, 1.54) is 0 Å². The van der Waals surface area contributed by atoms with Gasteiger partial charge in [0.2, 0.25) is 10.0 Å². The molecule has 2 N–H and O–H groups in total. The zero-order chi connectivity index (χ0) is 15.2. The van der Waals surface area contributed by atoms with Gasteiger partial charge >= 0.3 is 0 Å². The molecule has 20 heavy (non-hydrogen) atoms. The van der Waals surface area contributed by atoms with Crippen molar-refractivity contribution in [2.24, 2.45) is 0 Å². The highest BCUT2D eigenvalue weighted by Crippen LogP contribution is 2.14. The van der Waals surface area contributed by atoms with E-state index in [-0.39, 0.29) is 12.6 Å². The lowest BCUT2D eigenvalue weighted by atomic mass is 10.4. The standard InChI is InChI=1S/C13H25N3O3S/c1-5-16-10-13(8-12(16)9-14-4)20(17,18)15-6-7-19-11(2)3/h8,10-11,14-15H,5-7,9H2,1-4H3. The molecule has 0 aliphatic carbocycles. The van der Waals surface area contributed by atoms with Crippen LogP contribution in [-0.2, 0) is 27.8 Å². The summed E-state index contributed by atoms with van der Waals surface area (Å²) in [6.07, 6.45) is 1.76. The zero-order valence-corrected chi connectivity index (χ0v) is 13.5. The number of rotatable bonds is 9. The Bertz CT molecular complexity index is 509. The summed E-state index contributed by atoms with van der Waals surface area (Å²) in [7, 11) is -1.63. The van der Waals surface area contributed by atoms with Crippen molar-refractivity contribution in [1.82, 2.24) is 14.6 Å². The minimum absolute atomic E-state index is 0.0999. The molecule has 1 heterocycles. The predicted molar refractivity (Wildman–Crippen MR) is 79.1 cm³/mol. The lowest BCUT2D eigenvalue weighted by Crippen LogP contribution is -2.28. The van der Waals surface area contributed by atoms with Crippen LogP contribution in [-0.4, -0.2) is 39.3 Å². The topological polar surface area (TPSA) is 72.4 Å². The summed E-state index contributed by atoms with van der Waals surface area (Å²) in [6.45, 7) is 7.84. The monoisotopic (exact) mass is 303 g/mol. The molecule has 7 heteroatoms. The first kappa shape index (κ1) is 17.2. The zero-order valence-electron chi connectivity index (χ0n) is 12.6. The molecule has 0 aliphatic heterocycles. The maximum Gasteiger partial charge on any atom is 0.242 e. The largest absolute Gasteiger partial charge is 0.377 e. The summed E-state index contributed by atoms with van der Waals surface area (Å²) < 4.78 is 34.1. The van der Waals surface area contributed by atoms with Gasteiger partial charge in [-0.25, -0.2) is 13.1 Å². The molecule has 0 unspecified atom stereocenters. The highest BCUT2D eigenvalue weighted by molar-refractivity contribution is 7.89. The van der Waals surface area contributed by atoms with Crippen molar-refractivity contribution >= 4 is 10.0 Å². The number of nitrogens with one attached hydrogen (secondary N) is 2. The number of aromatic nitrogens is 1. The van der Waals surface area contributed by atoms with Crippen LogP contribution in [0, 0.1) is 0 Å². The summed E-state index contributed by atoms with van der Waals surface area (Å²) in [5, 5.41) is 3.03. The number of ether oxygens (including phenoxy) is 1. The molecule has 0 aliphatic rings. The van der Waals surface area contributed by atoms with Crippen LogP contribution in [0.3, 0.4) is 0 Å². The Kier molecular flexibility index (Phi) is 6.67. The molecule has 0 saturated heterocycles. The molecule has 116 valence electrons. The van der Waals surface area contributed by atoms with Gasteiger partial charge in [-0.15, -0.1) is 0 Å². The van der Waals surface area contributed by atoms with E-state index in [2.05, 4.69) is 10.0 Å². The quantitative estimate of drug-likeness (QED) is 0.666. The van der Waals surface area contributed by atoms with E-state index in [0.29, 0.717) is 18.0 Å². The SMILES string of the molecule is CCn1cc(S(=O)(=O)NCCOC(C)C)cc1CNC. The molecule has 1 aromatic heterocycles. The number of aryl methyl sites for hydroxylation is 1. The van der Waals surface area contributed by atoms with E-state index in [0.717, 1.165) is 12.2 Å². The number of hydrogen-bond donors (Lipinski definition) is 2. The fraction of sp³-hybridized carbons (Fsp3) is 0.692. The van der Waals surface area contributed by atoms with Gasteiger partial charge in [0.1, 0.15) is 0 Å². The van der Waals surface area contributed by atoms with E-state index in [1.807, 2.05) is 32.4 Å². The van der Waals surface area contributed by atoms with Gasteiger partial charge in [-0.3, -0.25) is 0 Å². The Morgan fingerprint density at radius 1 is 1.40 bits per heavy atom. The minimum Gasteiger partial charge on any atom is -0.377 e. The first-order valence-corrected chi connectivity index (χ1v) is 8.34. The van der Waals surface area contributed by atoms with Crippen LogP contribution in [0.1, 0.15) is 26.5 Å². The second-order valence-corrected chi connectivity index (χ2v) is 6.57. The van der Waals surface area contributed by atoms with Gasteiger partial charge in [0, 0.05) is 31.5 Å². The Hall–Kier alpha value is -0.890. The summed E-state index contributed by atoms with van der Waals surface area (Å²) in [5.41, 5.74) is 0.953. The Morgan fingerprint density at radius 3 is 2.65 bits per heavy atom. The maximum absolute atomic E-state index is 12.2. The van der Waals surface area contributed by atoms with Gasteiger partial charge in [-0.1, -0.05) is 0 Å². The molecule has 0 aromatic carbocycles. The lowest BCUT2D eigenvalue weighted by Gasteiger charge is -2.08. The lowest BCUT2D eigenvalue weighted by molar-refractivity contribution is 0.0834. The predicted octanol–water partition coefficient (Wildman–Crippen LogP) is 0.931. The first-order valence-electron chi connectivity index (χ1n) is 6.85. The Morgan fingerprint density at radius 2 is 2.10 bits per heavy atom. The van der Waals surface area contributed by atoms with Crippen molar-refractivity contribution in [1.29, 1.82) is 0 Å². The summed E-state index contributed by atoms with van der Waals surface area (Å²) in [5.74, 6) is 0. The fourth-order valence-corrected chi connectivity index (χ4v) is 2.93. The Balaban J connectivity index is 2.71. The molecule has 0 saturated carbocycles. The third-order valence-electron chi connectivity index (χ3n) is 2.82. The average Bonchev–Trinajstić information content (AvgIpc) is 2.79. The third-order valence-corrected chi connectivity index (χ3v) is 4.24. The van der Waals surface area contributed by atoms with E-state index >= 15 is 0 Å². The van der Waals surface area contributed by atoms with Crippen LogP contribution in [0.15, 0.2) is 17.2 Å². The van der Waals surface area contributed by atoms with Crippen LogP contribution in [0.2, 0.25) is 0 Å². The van der Waals surface area contributed by atoms with Gasteiger partial charge in [-0.2, -0.15) is 0 Å². The molecule has 0 spiro atoms. The van der Waals surface area contributed by atoms with Gasteiger partial charge in [0.15, 0.2) is 0 Å². The minimum atomic E-state index is -3.47. The molecule has 6 nitrogen and oxygen atoms in total. The fourth-order valence-electron chi connectivity index (χ4n) is 1.85. The number of sulfonamides is 1. The van der Waals surface area contributed by atoms with E-state index in [9.17, 15) is 8.42 Å². The number of nitrogens with zero attached hydrogens (tertiary/aromatic N) is 1. The maximum atomic E-state index is 12.2. The van der Waals surface area contributed by atoms with Crippen molar-refractivity contribution in [2.75, 3.05) is 20.2 Å². The van der Waals surface area contributed by atoms with Crippen molar-refractivity contribution < 1.29 is 13.2 Å². The molecule has 0 bridgehead atoms. The third kappa shape index (κ3) is 4.90. The molecule has 0 radical (unpaired) electrons. The van der Waals surface area contributed by atoms with Crippen molar-refractivity contribution in [3.63, 3.8) is 0 Å². The average molecular weight is 303 g/mol. The molecule has 1 aromatic rings. The molecule has 1 rings (SSSR count). The molecule has 0 fully saturated rings. The normalized spacial score (nSPS) is 12.2. The van der Waals surface area contributed by atoms with E-state index in [1.54, 1.807) is 12.3 Å². The highest BCUT2D eigenvalue weighted by Gasteiger charge is 2.17. The van der Waals surface area contributed by atoms with Gasteiger partial charge in [0.05, 0.1) is 17.6 Å². The van der Waals surface area contributed by atoms with Crippen LogP contribution in [0.4, 0.5) is 0 Å². The van der Waals surface area contributed by atoms with Crippen LogP contribution >= 0.6 is 0 Å². The van der Waals surface area contributed by atoms with Gasteiger partial charge < -0.3 is 14.6 Å². The summed E-state index contributed by atoms with van der Waals surface area (Å²) >= 11 is 0. The van der Waals surface area contributed by atoms with Crippen LogP contribution in [0.25, 0.3) is 0 Å². The van der Waals surface area contributed by atoms with Gasteiger partial charge in [-0.05, 0) is 33.9 Å². The van der Waals surface area contributed by atoms with Crippen molar-refractivity contribution in [3.05, 3.63) is 18.0 Å². The molecule has 0 atom stereocenters. The Labute approximate surface area is 121 Å². The molecule has 0 amide bonds. The van der Waals surface area contributed by atoms with E-state index in [4.69, 9.17) is 4.74 Å². The summed E-state index contributed by atoms with van der Waals surface area (Å²) in [6, 6.07) is 1.70. The van der Waals surface area contributed by atoms with Crippen molar-refractivity contribution in [2.45, 2.75) is 44.9 Å². The van der Waals surface area contributed by atoms with E-state index < -0.39 is 10.0 Å². The number of hydrogen-bond acceptors (Lipinski definition) is 4. The highest BCUT2D eigenvalue weighted by atomic mass is 32.2. The first-order chi connectivity index (χ1) is 9.40. The van der Waals surface area contributed by atoms with Crippen LogP contribution in [0.5, 0.6) is 0 Å². The van der Waals surface area contributed by atoms with Gasteiger partial charge in [0.25, 0.3) is 0 Å².